The van der Waals surface area contributed by atoms with E-state index in [1.54, 1.807) is 0 Å². The predicted molar refractivity (Wildman–Crippen MR) is 62.3 cm³/mol. The number of benzene rings is 1. The standard InChI is InChI=1S/C11H13BrF2O3/c1-15-7-16-4-5-17-10-3-2-9(13)11(14)8(10)6-12/h2-3H,4-7H2,1H3. The molecular formula is C11H13BrF2O3. The third-order valence-corrected chi connectivity index (χ3v) is 2.53. The number of hydrogen-bond acceptors (Lipinski definition) is 3. The summed E-state index contributed by atoms with van der Waals surface area (Å²) in [5.74, 6) is -1.47. The van der Waals surface area contributed by atoms with Crippen LogP contribution in [-0.2, 0) is 14.8 Å². The van der Waals surface area contributed by atoms with E-state index in [4.69, 9.17) is 9.47 Å². The molecule has 1 aromatic rings. The van der Waals surface area contributed by atoms with Gasteiger partial charge < -0.3 is 14.2 Å². The van der Waals surface area contributed by atoms with Crippen LogP contribution in [0.2, 0.25) is 0 Å². The monoisotopic (exact) mass is 310 g/mol. The molecule has 3 nitrogen and oxygen atoms in total. The number of halogens is 3. The zero-order valence-electron chi connectivity index (χ0n) is 9.34. The fraction of sp³-hybridized carbons (Fsp3) is 0.455. The van der Waals surface area contributed by atoms with Gasteiger partial charge in [-0.25, -0.2) is 8.78 Å². The third-order valence-electron chi connectivity index (χ3n) is 1.97. The molecule has 0 heterocycles. The minimum absolute atomic E-state index is 0.164. The van der Waals surface area contributed by atoms with Gasteiger partial charge >= 0.3 is 0 Å². The molecule has 6 heteroatoms. The van der Waals surface area contributed by atoms with Gasteiger partial charge in [0.2, 0.25) is 0 Å². The lowest BCUT2D eigenvalue weighted by Gasteiger charge is -2.11. The molecule has 0 atom stereocenters. The molecule has 0 fully saturated rings. The molecule has 0 spiro atoms. The fourth-order valence-corrected chi connectivity index (χ4v) is 1.71. The summed E-state index contributed by atoms with van der Waals surface area (Å²) in [7, 11) is 1.51. The Bertz CT molecular complexity index is 361. The highest BCUT2D eigenvalue weighted by atomic mass is 79.9. The quantitative estimate of drug-likeness (QED) is 0.440. The van der Waals surface area contributed by atoms with Crippen molar-refractivity contribution in [1.29, 1.82) is 0 Å². The molecule has 0 unspecified atom stereocenters. The van der Waals surface area contributed by atoms with Gasteiger partial charge in [0.15, 0.2) is 11.6 Å². The van der Waals surface area contributed by atoms with Crippen LogP contribution in [0, 0.1) is 11.6 Å². The molecular weight excluding hydrogens is 298 g/mol. The van der Waals surface area contributed by atoms with Crippen molar-refractivity contribution < 1.29 is 23.0 Å². The highest BCUT2D eigenvalue weighted by Crippen LogP contribution is 2.25. The van der Waals surface area contributed by atoms with E-state index in [1.807, 2.05) is 0 Å². The second kappa shape index (κ2) is 7.58. The SMILES string of the molecule is COCOCCOc1ccc(F)c(F)c1CBr. The Morgan fingerprint density at radius 2 is 2.00 bits per heavy atom. The number of alkyl halides is 1. The van der Waals surface area contributed by atoms with Crippen molar-refractivity contribution in [2.24, 2.45) is 0 Å². The van der Waals surface area contributed by atoms with Crippen LogP contribution in [0.4, 0.5) is 8.78 Å². The van der Waals surface area contributed by atoms with Crippen LogP contribution in [0.25, 0.3) is 0 Å². The molecule has 0 radical (unpaired) electrons. The Kier molecular flexibility index (Phi) is 6.39. The maximum atomic E-state index is 13.4. The summed E-state index contributed by atoms with van der Waals surface area (Å²) < 4.78 is 41.3. The zero-order valence-corrected chi connectivity index (χ0v) is 10.9. The number of methoxy groups -OCH3 is 1. The maximum absolute atomic E-state index is 13.4. The first-order valence-electron chi connectivity index (χ1n) is 4.93. The lowest BCUT2D eigenvalue weighted by Crippen LogP contribution is -2.09. The van der Waals surface area contributed by atoms with Gasteiger partial charge in [-0.15, -0.1) is 0 Å². The van der Waals surface area contributed by atoms with Crippen LogP contribution in [0.1, 0.15) is 5.56 Å². The van der Waals surface area contributed by atoms with Crippen LogP contribution in [0.15, 0.2) is 12.1 Å². The summed E-state index contributed by atoms with van der Waals surface area (Å²) in [5.41, 5.74) is 0.164. The summed E-state index contributed by atoms with van der Waals surface area (Å²) in [5, 5.41) is 0.185. The average molecular weight is 311 g/mol. The molecule has 0 saturated heterocycles. The highest BCUT2D eigenvalue weighted by Gasteiger charge is 2.13. The van der Waals surface area contributed by atoms with E-state index >= 15 is 0 Å². The molecule has 0 saturated carbocycles. The molecule has 1 aromatic carbocycles. The topological polar surface area (TPSA) is 27.7 Å². The number of rotatable bonds is 7. The highest BCUT2D eigenvalue weighted by molar-refractivity contribution is 9.08. The smallest absolute Gasteiger partial charge is 0.166 e. The Morgan fingerprint density at radius 3 is 2.65 bits per heavy atom. The van der Waals surface area contributed by atoms with E-state index in [-0.39, 0.29) is 24.3 Å². The van der Waals surface area contributed by atoms with E-state index in [2.05, 4.69) is 20.7 Å². The fourth-order valence-electron chi connectivity index (χ4n) is 1.19. The lowest BCUT2D eigenvalue weighted by molar-refractivity contribution is -0.0388. The Morgan fingerprint density at radius 1 is 1.24 bits per heavy atom. The van der Waals surface area contributed by atoms with Crippen molar-refractivity contribution in [3.63, 3.8) is 0 Å². The van der Waals surface area contributed by atoms with Gasteiger partial charge in [0.05, 0.1) is 6.61 Å². The van der Waals surface area contributed by atoms with Crippen molar-refractivity contribution in [2.45, 2.75) is 5.33 Å². The molecule has 0 aliphatic rings. The summed E-state index contributed by atoms with van der Waals surface area (Å²) in [6.07, 6.45) is 0. The van der Waals surface area contributed by atoms with Gasteiger partial charge in [0.1, 0.15) is 19.1 Å². The van der Waals surface area contributed by atoms with Crippen LogP contribution in [0.3, 0.4) is 0 Å². The second-order valence-electron chi connectivity index (χ2n) is 3.13. The molecule has 0 bridgehead atoms. The van der Waals surface area contributed by atoms with Crippen molar-refractivity contribution in [1.82, 2.24) is 0 Å². The van der Waals surface area contributed by atoms with E-state index < -0.39 is 11.6 Å². The van der Waals surface area contributed by atoms with Gasteiger partial charge in [-0.05, 0) is 12.1 Å². The first-order valence-corrected chi connectivity index (χ1v) is 6.05. The Labute approximate surface area is 107 Å². The molecule has 0 aromatic heterocycles. The minimum atomic E-state index is -0.891. The van der Waals surface area contributed by atoms with Crippen LogP contribution in [0.5, 0.6) is 5.75 Å². The van der Waals surface area contributed by atoms with Gasteiger partial charge in [0, 0.05) is 18.0 Å². The molecule has 0 amide bonds. The van der Waals surface area contributed by atoms with Crippen LogP contribution in [-0.4, -0.2) is 27.1 Å². The first-order chi connectivity index (χ1) is 8.20. The summed E-state index contributed by atoms with van der Waals surface area (Å²) >= 11 is 3.09. The number of ether oxygens (including phenoxy) is 3. The average Bonchev–Trinajstić information content (AvgIpc) is 2.33. The predicted octanol–water partition coefficient (Wildman–Crippen LogP) is 2.86. The van der Waals surface area contributed by atoms with E-state index in [0.717, 1.165) is 6.07 Å². The third kappa shape index (κ3) is 4.22. The van der Waals surface area contributed by atoms with Crippen molar-refractivity contribution in [2.75, 3.05) is 27.1 Å². The molecule has 0 aliphatic heterocycles. The Balaban J connectivity index is 2.56. The summed E-state index contributed by atoms with van der Waals surface area (Å²) in [6, 6.07) is 2.43. The molecule has 1 rings (SSSR count). The minimum Gasteiger partial charge on any atom is -0.491 e. The van der Waals surface area contributed by atoms with Crippen LogP contribution < -0.4 is 4.74 Å². The normalized spacial score (nSPS) is 10.6. The van der Waals surface area contributed by atoms with E-state index in [9.17, 15) is 8.78 Å². The van der Waals surface area contributed by atoms with Crippen molar-refractivity contribution in [3.8, 4) is 5.75 Å². The van der Waals surface area contributed by atoms with Gasteiger partial charge in [-0.1, -0.05) is 15.9 Å². The lowest BCUT2D eigenvalue weighted by atomic mass is 10.2. The summed E-state index contributed by atoms with van der Waals surface area (Å²) in [4.78, 5) is 0. The molecule has 17 heavy (non-hydrogen) atoms. The van der Waals surface area contributed by atoms with E-state index in [0.29, 0.717) is 12.4 Å². The van der Waals surface area contributed by atoms with Crippen molar-refractivity contribution in [3.05, 3.63) is 29.3 Å². The van der Waals surface area contributed by atoms with E-state index in [1.165, 1.54) is 13.2 Å². The van der Waals surface area contributed by atoms with Gasteiger partial charge in [0.25, 0.3) is 0 Å². The van der Waals surface area contributed by atoms with Gasteiger partial charge in [-0.3, -0.25) is 0 Å². The van der Waals surface area contributed by atoms with Gasteiger partial charge in [-0.2, -0.15) is 0 Å². The zero-order chi connectivity index (χ0) is 12.7. The molecule has 0 aliphatic carbocycles. The molecule has 96 valence electrons. The van der Waals surface area contributed by atoms with Crippen LogP contribution >= 0.6 is 15.9 Å². The molecule has 0 N–H and O–H groups in total. The Hall–Kier alpha value is -0.720. The van der Waals surface area contributed by atoms with Crippen molar-refractivity contribution >= 4 is 15.9 Å². The summed E-state index contributed by atoms with van der Waals surface area (Å²) in [6.45, 7) is 0.732. The second-order valence-corrected chi connectivity index (χ2v) is 3.70. The number of hydrogen-bond donors (Lipinski definition) is 0. The largest absolute Gasteiger partial charge is 0.491 e. The maximum Gasteiger partial charge on any atom is 0.166 e. The first kappa shape index (κ1) is 14.3.